The van der Waals surface area contributed by atoms with E-state index in [1.54, 1.807) is 23.0 Å². The monoisotopic (exact) mass is 466 g/mol. The molecule has 5 nitrogen and oxygen atoms in total. The molecule has 1 aromatic carbocycles. The van der Waals surface area contributed by atoms with Crippen LogP contribution in [0.25, 0.3) is 31.6 Å². The third-order valence-corrected chi connectivity index (χ3v) is 8.29. The molecule has 0 aliphatic carbocycles. The fourth-order valence-electron chi connectivity index (χ4n) is 3.58. The highest BCUT2D eigenvalue weighted by molar-refractivity contribution is 7.98. The van der Waals surface area contributed by atoms with E-state index in [9.17, 15) is 9.59 Å². The van der Waals surface area contributed by atoms with E-state index >= 15 is 0 Å². The number of fused-ring (bicyclic) bond motifs is 2. The molecule has 156 valence electrons. The molecule has 0 aliphatic heterocycles. The Bertz CT molecular complexity index is 1560. The van der Waals surface area contributed by atoms with E-state index in [1.165, 1.54) is 29.2 Å². The molecular weight excluding hydrogens is 448 g/mol. The van der Waals surface area contributed by atoms with E-state index in [2.05, 4.69) is 0 Å². The Hall–Kier alpha value is -2.68. The quantitative estimate of drug-likeness (QED) is 0.192. The fraction of sp³-hybridized carbons (Fsp3) is 0.174. The Morgan fingerprint density at radius 1 is 1.16 bits per heavy atom. The van der Waals surface area contributed by atoms with Crippen molar-refractivity contribution in [1.82, 2.24) is 9.55 Å². The third kappa shape index (κ3) is 3.44. The molecule has 0 saturated carbocycles. The Morgan fingerprint density at radius 2 is 2.00 bits per heavy atom. The lowest BCUT2D eigenvalue weighted by atomic mass is 10.0. The van der Waals surface area contributed by atoms with Crippen LogP contribution >= 0.6 is 34.4 Å². The van der Waals surface area contributed by atoms with E-state index in [-0.39, 0.29) is 11.2 Å². The van der Waals surface area contributed by atoms with Gasteiger partial charge in [0.25, 0.3) is 5.56 Å². The molecule has 5 aromatic rings. The Kier molecular flexibility index (Phi) is 5.08. The maximum Gasteiger partial charge on any atom is 0.336 e. The summed E-state index contributed by atoms with van der Waals surface area (Å²) in [5.74, 6) is 0.513. The summed E-state index contributed by atoms with van der Waals surface area (Å²) in [5, 5.41) is 6.21. The predicted octanol–water partition coefficient (Wildman–Crippen LogP) is 5.74. The lowest BCUT2D eigenvalue weighted by Crippen LogP contribution is -2.19. The Morgan fingerprint density at radius 3 is 2.77 bits per heavy atom. The number of benzene rings is 1. The SMILES string of the molecule is Cc1ccc2c(CSc3nc4scc(-c5cccs5)c4c(=O)n3C)cc(=O)oc2c1C. The number of rotatable bonds is 4. The van der Waals surface area contributed by atoms with Crippen LogP contribution in [0.5, 0.6) is 0 Å². The smallest absolute Gasteiger partial charge is 0.336 e. The molecule has 0 radical (unpaired) electrons. The van der Waals surface area contributed by atoms with Crippen molar-refractivity contribution < 1.29 is 4.42 Å². The number of nitrogens with zero attached hydrogens (tertiary/aromatic N) is 2. The molecule has 0 fully saturated rings. The molecular formula is C23H18N2O3S3. The molecule has 4 heterocycles. The summed E-state index contributed by atoms with van der Waals surface area (Å²) >= 11 is 4.55. The van der Waals surface area contributed by atoms with E-state index in [4.69, 9.17) is 9.40 Å². The topological polar surface area (TPSA) is 65.1 Å². The van der Waals surface area contributed by atoms with E-state index in [1.807, 2.05) is 48.9 Å². The predicted molar refractivity (Wildman–Crippen MR) is 130 cm³/mol. The largest absolute Gasteiger partial charge is 0.422 e. The fourth-order valence-corrected chi connectivity index (χ4v) is 6.35. The standard InChI is InChI=1S/C23H18N2O3S3/c1-12-6-7-15-14(9-18(26)28-20(15)13(12)2)10-31-23-24-21-19(22(27)25(23)3)16(11-30-21)17-5-4-8-29-17/h4-9,11H,10H2,1-3H3. The maximum atomic E-state index is 13.1. The van der Waals surface area contributed by atoms with Crippen LogP contribution in [0.4, 0.5) is 0 Å². The van der Waals surface area contributed by atoms with Gasteiger partial charge in [-0.05, 0) is 42.0 Å². The first-order valence-corrected chi connectivity index (χ1v) is 12.4. The molecule has 4 aromatic heterocycles. The second kappa shape index (κ2) is 7.78. The normalized spacial score (nSPS) is 11.6. The van der Waals surface area contributed by atoms with Gasteiger partial charge in [0.2, 0.25) is 0 Å². The zero-order valence-electron chi connectivity index (χ0n) is 17.1. The lowest BCUT2D eigenvalue weighted by Gasteiger charge is -2.10. The average Bonchev–Trinajstić information content (AvgIpc) is 3.42. The molecule has 0 saturated heterocycles. The number of thioether (sulfide) groups is 1. The summed E-state index contributed by atoms with van der Waals surface area (Å²) in [6, 6.07) is 9.54. The molecule has 0 spiro atoms. The van der Waals surface area contributed by atoms with Crippen molar-refractivity contribution in [2.45, 2.75) is 24.8 Å². The molecule has 0 aliphatic rings. The Balaban J connectivity index is 1.55. The van der Waals surface area contributed by atoms with Crippen LogP contribution in [-0.2, 0) is 12.8 Å². The highest BCUT2D eigenvalue weighted by atomic mass is 32.2. The van der Waals surface area contributed by atoms with Crippen molar-refractivity contribution in [1.29, 1.82) is 0 Å². The van der Waals surface area contributed by atoms with Crippen LogP contribution in [0.2, 0.25) is 0 Å². The minimum absolute atomic E-state index is 0.0546. The average molecular weight is 467 g/mol. The number of hydrogen-bond acceptors (Lipinski definition) is 7. The molecule has 5 rings (SSSR count). The van der Waals surface area contributed by atoms with Gasteiger partial charge in [0.1, 0.15) is 10.4 Å². The molecule has 0 unspecified atom stereocenters. The van der Waals surface area contributed by atoms with Gasteiger partial charge in [0.05, 0.1) is 5.39 Å². The van der Waals surface area contributed by atoms with Crippen LogP contribution in [0.3, 0.4) is 0 Å². The first kappa shape index (κ1) is 20.2. The zero-order chi connectivity index (χ0) is 21.7. The zero-order valence-corrected chi connectivity index (χ0v) is 19.5. The van der Waals surface area contributed by atoms with Crippen molar-refractivity contribution >= 4 is 55.6 Å². The van der Waals surface area contributed by atoms with Crippen molar-refractivity contribution in [2.24, 2.45) is 7.05 Å². The van der Waals surface area contributed by atoms with E-state index in [0.717, 1.165) is 37.3 Å². The van der Waals surface area contributed by atoms with Gasteiger partial charge in [-0.15, -0.1) is 22.7 Å². The maximum absolute atomic E-state index is 13.1. The first-order valence-electron chi connectivity index (χ1n) is 9.62. The van der Waals surface area contributed by atoms with Crippen molar-refractivity contribution in [3.8, 4) is 10.4 Å². The summed E-state index contributed by atoms with van der Waals surface area (Å²) in [4.78, 5) is 31.9. The van der Waals surface area contributed by atoms with Gasteiger partial charge in [0.15, 0.2) is 5.16 Å². The van der Waals surface area contributed by atoms with Gasteiger partial charge < -0.3 is 4.42 Å². The number of hydrogen-bond donors (Lipinski definition) is 0. The van der Waals surface area contributed by atoms with E-state index < -0.39 is 0 Å². The molecule has 8 heteroatoms. The second-order valence-corrected chi connectivity index (χ2v) is 10.1. The number of thiophene rings is 2. The van der Waals surface area contributed by atoms with Gasteiger partial charge >= 0.3 is 5.63 Å². The molecule has 0 N–H and O–H groups in total. The summed E-state index contributed by atoms with van der Waals surface area (Å²) in [7, 11) is 1.75. The molecule has 31 heavy (non-hydrogen) atoms. The van der Waals surface area contributed by atoms with Gasteiger partial charge in [0, 0.05) is 40.1 Å². The highest BCUT2D eigenvalue weighted by Gasteiger charge is 2.17. The number of aromatic nitrogens is 2. The summed E-state index contributed by atoms with van der Waals surface area (Å²) < 4.78 is 7.07. The van der Waals surface area contributed by atoms with Crippen LogP contribution in [0.1, 0.15) is 16.7 Å². The van der Waals surface area contributed by atoms with Crippen LogP contribution in [-0.4, -0.2) is 9.55 Å². The number of aryl methyl sites for hydroxylation is 2. The summed E-state index contributed by atoms with van der Waals surface area (Å²) in [5.41, 5.74) is 4.06. The second-order valence-electron chi connectivity index (χ2n) is 7.33. The van der Waals surface area contributed by atoms with E-state index in [0.29, 0.717) is 21.9 Å². The van der Waals surface area contributed by atoms with Crippen LogP contribution < -0.4 is 11.2 Å². The van der Waals surface area contributed by atoms with Crippen LogP contribution in [0.15, 0.2) is 60.3 Å². The molecule has 0 bridgehead atoms. The molecule has 0 atom stereocenters. The summed E-state index contributed by atoms with van der Waals surface area (Å²) in [6.07, 6.45) is 0. The highest BCUT2D eigenvalue weighted by Crippen LogP contribution is 2.35. The Labute approximate surface area is 190 Å². The molecule has 0 amide bonds. The minimum atomic E-state index is -0.368. The van der Waals surface area contributed by atoms with Crippen molar-refractivity contribution in [2.75, 3.05) is 0 Å². The lowest BCUT2D eigenvalue weighted by molar-refractivity contribution is 0.557. The van der Waals surface area contributed by atoms with Crippen LogP contribution in [0, 0.1) is 13.8 Å². The minimum Gasteiger partial charge on any atom is -0.422 e. The van der Waals surface area contributed by atoms with Gasteiger partial charge in [-0.2, -0.15) is 0 Å². The van der Waals surface area contributed by atoms with Crippen molar-refractivity contribution in [3.63, 3.8) is 0 Å². The van der Waals surface area contributed by atoms with Gasteiger partial charge in [-0.25, -0.2) is 9.78 Å². The van der Waals surface area contributed by atoms with Crippen molar-refractivity contribution in [3.05, 3.63) is 78.6 Å². The summed E-state index contributed by atoms with van der Waals surface area (Å²) in [6.45, 7) is 3.95. The first-order chi connectivity index (χ1) is 14.9. The van der Waals surface area contributed by atoms with Gasteiger partial charge in [-0.3, -0.25) is 9.36 Å². The third-order valence-electron chi connectivity index (χ3n) is 5.44. The van der Waals surface area contributed by atoms with Gasteiger partial charge in [-0.1, -0.05) is 30.0 Å².